The average Bonchev–Trinajstić information content (AvgIpc) is 3.16. The number of ether oxygens (including phenoxy) is 1. The fraction of sp³-hybridized carbons (Fsp3) is 0.333. The first-order valence-electron chi connectivity index (χ1n) is 7.61. The average molecular weight is 348 g/mol. The van der Waals surface area contributed by atoms with E-state index < -0.39 is 23.7 Å². The molecule has 0 saturated carbocycles. The van der Waals surface area contributed by atoms with Crippen molar-refractivity contribution in [1.82, 2.24) is 25.4 Å². The summed E-state index contributed by atoms with van der Waals surface area (Å²) in [5.74, 6) is -1.84. The summed E-state index contributed by atoms with van der Waals surface area (Å²) in [5, 5.41) is 2.52. The normalized spacial score (nSPS) is 20.1. The number of amides is 1. The van der Waals surface area contributed by atoms with Gasteiger partial charge in [0.25, 0.3) is 0 Å². The quantitative estimate of drug-likeness (QED) is 0.694. The Kier molecular flexibility index (Phi) is 5.00. The molecule has 0 bridgehead atoms. The van der Waals surface area contributed by atoms with Crippen molar-refractivity contribution in [3.05, 3.63) is 42.5 Å². The van der Waals surface area contributed by atoms with E-state index in [1.165, 1.54) is 7.11 Å². The highest BCUT2D eigenvalue weighted by atomic mass is 19.1. The molecule has 2 atom stereocenters. The zero-order valence-electron chi connectivity index (χ0n) is 13.4. The van der Waals surface area contributed by atoms with Crippen molar-refractivity contribution in [3.8, 4) is 0 Å². The summed E-state index contributed by atoms with van der Waals surface area (Å²) in [6, 6.07) is 0.482. The fourth-order valence-electron chi connectivity index (χ4n) is 2.55. The van der Waals surface area contributed by atoms with Crippen molar-refractivity contribution in [1.29, 1.82) is 0 Å². The zero-order valence-corrected chi connectivity index (χ0v) is 13.4. The maximum atomic E-state index is 13.4. The SMILES string of the molecule is COC(=O)c1ncc(F)cc1NC(=O)C1CCC(n2ccnc2)NN1. The van der Waals surface area contributed by atoms with E-state index in [2.05, 4.69) is 30.9 Å². The van der Waals surface area contributed by atoms with Crippen molar-refractivity contribution >= 4 is 17.6 Å². The highest BCUT2D eigenvalue weighted by Gasteiger charge is 2.27. The van der Waals surface area contributed by atoms with Crippen molar-refractivity contribution in [2.24, 2.45) is 0 Å². The number of hydrazine groups is 1. The van der Waals surface area contributed by atoms with Gasteiger partial charge in [0.05, 0.1) is 31.5 Å². The van der Waals surface area contributed by atoms with Crippen LogP contribution in [-0.2, 0) is 9.53 Å². The Balaban J connectivity index is 1.65. The summed E-state index contributed by atoms with van der Waals surface area (Å²) >= 11 is 0. The number of hydrogen-bond acceptors (Lipinski definition) is 7. The maximum Gasteiger partial charge on any atom is 0.358 e. The van der Waals surface area contributed by atoms with Gasteiger partial charge in [0.2, 0.25) is 5.91 Å². The number of anilines is 1. The highest BCUT2D eigenvalue weighted by molar-refractivity contribution is 6.01. The maximum absolute atomic E-state index is 13.4. The summed E-state index contributed by atoms with van der Waals surface area (Å²) < 4.78 is 19.9. The molecule has 1 aliphatic rings. The molecule has 9 nitrogen and oxygen atoms in total. The molecule has 3 N–H and O–H groups in total. The van der Waals surface area contributed by atoms with Crippen LogP contribution < -0.4 is 16.2 Å². The van der Waals surface area contributed by atoms with Crippen LogP contribution in [0.15, 0.2) is 31.0 Å². The number of imidazole rings is 1. The Hall–Kier alpha value is -2.85. The largest absolute Gasteiger partial charge is 0.464 e. The zero-order chi connectivity index (χ0) is 17.8. The molecule has 25 heavy (non-hydrogen) atoms. The van der Waals surface area contributed by atoms with Crippen LogP contribution >= 0.6 is 0 Å². The second-order valence-electron chi connectivity index (χ2n) is 5.47. The monoisotopic (exact) mass is 348 g/mol. The molecule has 0 spiro atoms. The Morgan fingerprint density at radius 1 is 1.40 bits per heavy atom. The smallest absolute Gasteiger partial charge is 0.358 e. The number of pyridine rings is 1. The number of nitrogens with zero attached hydrogens (tertiary/aromatic N) is 3. The third kappa shape index (κ3) is 3.80. The lowest BCUT2D eigenvalue weighted by Gasteiger charge is -2.30. The number of aromatic nitrogens is 3. The van der Waals surface area contributed by atoms with E-state index in [1.54, 1.807) is 12.5 Å². The van der Waals surface area contributed by atoms with Gasteiger partial charge in [-0.15, -0.1) is 0 Å². The molecule has 2 unspecified atom stereocenters. The topological polar surface area (TPSA) is 110 Å². The first-order valence-corrected chi connectivity index (χ1v) is 7.61. The van der Waals surface area contributed by atoms with Crippen molar-refractivity contribution in [2.45, 2.75) is 25.0 Å². The molecule has 0 aliphatic carbocycles. The Bertz CT molecular complexity index is 759. The van der Waals surface area contributed by atoms with E-state index >= 15 is 0 Å². The highest BCUT2D eigenvalue weighted by Crippen LogP contribution is 2.19. The molecule has 1 fully saturated rings. The van der Waals surface area contributed by atoms with Crippen LogP contribution in [0.5, 0.6) is 0 Å². The summed E-state index contributed by atoms with van der Waals surface area (Å²) in [5.41, 5.74) is 5.76. The lowest BCUT2D eigenvalue weighted by atomic mass is 10.1. The number of esters is 1. The van der Waals surface area contributed by atoms with Crippen LogP contribution in [0.25, 0.3) is 0 Å². The minimum Gasteiger partial charge on any atom is -0.464 e. The predicted octanol–water partition coefficient (Wildman–Crippen LogP) is 0.598. The molecular weight excluding hydrogens is 331 g/mol. The van der Waals surface area contributed by atoms with E-state index in [1.807, 2.05) is 10.8 Å². The summed E-state index contributed by atoms with van der Waals surface area (Å²) in [6.07, 6.45) is 7.27. The lowest BCUT2D eigenvalue weighted by Crippen LogP contribution is -2.54. The summed E-state index contributed by atoms with van der Waals surface area (Å²) in [7, 11) is 1.18. The standard InChI is InChI=1S/C15H17FN6O3/c1-25-15(24)13-11(6-9(16)7-18-13)19-14(23)10-2-3-12(21-20-10)22-5-4-17-8-22/h4-8,10,12,20-21H,2-3H2,1H3,(H,19,23). The molecule has 0 radical (unpaired) electrons. The van der Waals surface area contributed by atoms with E-state index in [0.29, 0.717) is 12.8 Å². The second kappa shape index (κ2) is 7.36. The molecule has 132 valence electrons. The molecule has 1 saturated heterocycles. The van der Waals surface area contributed by atoms with Gasteiger partial charge in [-0.2, -0.15) is 0 Å². The Morgan fingerprint density at radius 2 is 2.24 bits per heavy atom. The molecule has 2 aromatic heterocycles. The molecule has 1 amide bonds. The first-order chi connectivity index (χ1) is 12.1. The van der Waals surface area contributed by atoms with Crippen molar-refractivity contribution < 1.29 is 18.7 Å². The number of hydrogen-bond donors (Lipinski definition) is 3. The summed E-state index contributed by atoms with van der Waals surface area (Å²) in [4.78, 5) is 31.7. The lowest BCUT2D eigenvalue weighted by molar-refractivity contribution is -0.119. The van der Waals surface area contributed by atoms with Crippen LogP contribution in [0.1, 0.15) is 29.5 Å². The van der Waals surface area contributed by atoms with Gasteiger partial charge in [-0.05, 0) is 12.8 Å². The van der Waals surface area contributed by atoms with Gasteiger partial charge in [0, 0.05) is 18.5 Å². The van der Waals surface area contributed by atoms with Crippen molar-refractivity contribution in [2.75, 3.05) is 12.4 Å². The van der Waals surface area contributed by atoms with Gasteiger partial charge in [-0.1, -0.05) is 0 Å². The van der Waals surface area contributed by atoms with E-state index in [4.69, 9.17) is 0 Å². The van der Waals surface area contributed by atoms with Crippen LogP contribution in [0.3, 0.4) is 0 Å². The number of carbonyl (C=O) groups is 2. The third-order valence-electron chi connectivity index (χ3n) is 3.85. The number of rotatable bonds is 4. The van der Waals surface area contributed by atoms with Crippen molar-refractivity contribution in [3.63, 3.8) is 0 Å². The first kappa shape index (κ1) is 17.0. The van der Waals surface area contributed by atoms with Crippen LogP contribution in [0.4, 0.5) is 10.1 Å². The van der Waals surface area contributed by atoms with Crippen LogP contribution in [-0.4, -0.2) is 39.6 Å². The van der Waals surface area contributed by atoms with Gasteiger partial charge in [-0.3, -0.25) is 4.79 Å². The van der Waals surface area contributed by atoms with E-state index in [-0.39, 0.29) is 17.5 Å². The molecular formula is C15H17FN6O3. The van der Waals surface area contributed by atoms with Gasteiger partial charge in [0.15, 0.2) is 5.69 Å². The Morgan fingerprint density at radius 3 is 2.88 bits per heavy atom. The minimum atomic E-state index is -0.759. The van der Waals surface area contributed by atoms with Crippen LogP contribution in [0, 0.1) is 5.82 Å². The van der Waals surface area contributed by atoms with Crippen LogP contribution in [0.2, 0.25) is 0 Å². The molecule has 2 aromatic rings. The number of halogens is 1. The molecule has 10 heteroatoms. The molecule has 3 heterocycles. The predicted molar refractivity (Wildman–Crippen MR) is 84.7 cm³/mol. The minimum absolute atomic E-state index is 0.0204. The molecule has 3 rings (SSSR count). The van der Waals surface area contributed by atoms with Gasteiger partial charge >= 0.3 is 5.97 Å². The van der Waals surface area contributed by atoms with Gasteiger partial charge < -0.3 is 14.6 Å². The summed E-state index contributed by atoms with van der Waals surface area (Å²) in [6.45, 7) is 0. The number of nitrogens with one attached hydrogen (secondary N) is 3. The molecule has 0 aromatic carbocycles. The van der Waals surface area contributed by atoms with E-state index in [9.17, 15) is 14.0 Å². The molecule has 1 aliphatic heterocycles. The van der Waals surface area contributed by atoms with E-state index in [0.717, 1.165) is 12.3 Å². The van der Waals surface area contributed by atoms with Gasteiger partial charge in [-0.25, -0.2) is 30.0 Å². The number of carbonyl (C=O) groups excluding carboxylic acids is 2. The fourth-order valence-corrected chi connectivity index (χ4v) is 2.55. The third-order valence-corrected chi connectivity index (χ3v) is 3.85. The second-order valence-corrected chi connectivity index (χ2v) is 5.47. The Labute approximate surface area is 142 Å². The van der Waals surface area contributed by atoms with Gasteiger partial charge in [0.1, 0.15) is 11.9 Å². The number of methoxy groups -OCH3 is 1.